The number of methoxy groups -OCH3 is 1. The van der Waals surface area contributed by atoms with Gasteiger partial charge in [-0.05, 0) is 12.1 Å². The lowest BCUT2D eigenvalue weighted by Crippen LogP contribution is -2.44. The fourth-order valence-electron chi connectivity index (χ4n) is 1.83. The van der Waals surface area contributed by atoms with Crippen molar-refractivity contribution < 1.29 is 19.4 Å². The second kappa shape index (κ2) is 5.53. The summed E-state index contributed by atoms with van der Waals surface area (Å²) < 4.78 is 4.49. The van der Waals surface area contributed by atoms with Crippen molar-refractivity contribution in [3.05, 3.63) is 36.0 Å². The second-order valence-electron chi connectivity index (χ2n) is 3.98. The fourth-order valence-corrected chi connectivity index (χ4v) is 1.83. The number of aromatic amines is 1. The SMILES string of the molecule is COC(=O)C(CO)NC(=O)c1cccc2cc[nH]c12. The highest BCUT2D eigenvalue weighted by molar-refractivity contribution is 6.06. The first-order valence-corrected chi connectivity index (χ1v) is 5.73. The van der Waals surface area contributed by atoms with Gasteiger partial charge in [-0.15, -0.1) is 0 Å². The highest BCUT2D eigenvalue weighted by Gasteiger charge is 2.22. The Balaban J connectivity index is 2.24. The number of aliphatic hydroxyl groups is 1. The van der Waals surface area contributed by atoms with E-state index < -0.39 is 24.5 Å². The summed E-state index contributed by atoms with van der Waals surface area (Å²) >= 11 is 0. The molecule has 1 amide bonds. The lowest BCUT2D eigenvalue weighted by Gasteiger charge is -2.14. The molecule has 1 heterocycles. The minimum atomic E-state index is -1.07. The average Bonchev–Trinajstić information content (AvgIpc) is 2.91. The molecule has 1 aromatic carbocycles. The second-order valence-corrected chi connectivity index (χ2v) is 3.98. The topological polar surface area (TPSA) is 91.4 Å². The highest BCUT2D eigenvalue weighted by atomic mass is 16.5. The number of carbonyl (C=O) groups excluding carboxylic acids is 2. The van der Waals surface area contributed by atoms with Gasteiger partial charge in [-0.25, -0.2) is 4.79 Å². The van der Waals surface area contributed by atoms with Gasteiger partial charge in [0.2, 0.25) is 0 Å². The number of carbonyl (C=O) groups is 2. The Labute approximate surface area is 109 Å². The zero-order valence-electron chi connectivity index (χ0n) is 10.3. The Bertz CT molecular complexity index is 605. The van der Waals surface area contributed by atoms with Crippen LogP contribution in [-0.4, -0.2) is 41.7 Å². The van der Waals surface area contributed by atoms with Gasteiger partial charge in [0.05, 0.1) is 24.8 Å². The third-order valence-electron chi connectivity index (χ3n) is 2.81. The van der Waals surface area contributed by atoms with Gasteiger partial charge < -0.3 is 20.1 Å². The summed E-state index contributed by atoms with van der Waals surface area (Å²) in [4.78, 5) is 26.4. The average molecular weight is 262 g/mol. The number of amides is 1. The van der Waals surface area contributed by atoms with E-state index in [4.69, 9.17) is 5.11 Å². The number of aliphatic hydroxyl groups excluding tert-OH is 1. The van der Waals surface area contributed by atoms with Crippen LogP contribution in [0.2, 0.25) is 0 Å². The summed E-state index contributed by atoms with van der Waals surface area (Å²) in [7, 11) is 1.20. The van der Waals surface area contributed by atoms with Crippen molar-refractivity contribution in [1.82, 2.24) is 10.3 Å². The Morgan fingerprint density at radius 3 is 2.89 bits per heavy atom. The minimum Gasteiger partial charge on any atom is -0.467 e. The van der Waals surface area contributed by atoms with E-state index in [1.54, 1.807) is 18.3 Å². The third-order valence-corrected chi connectivity index (χ3v) is 2.81. The largest absolute Gasteiger partial charge is 0.467 e. The molecule has 6 heteroatoms. The summed E-state index contributed by atoms with van der Waals surface area (Å²) in [5, 5.41) is 12.4. The zero-order valence-corrected chi connectivity index (χ0v) is 10.3. The number of para-hydroxylation sites is 1. The molecule has 1 aromatic heterocycles. The number of hydrogen-bond donors (Lipinski definition) is 3. The normalized spacial score (nSPS) is 12.1. The van der Waals surface area contributed by atoms with E-state index in [9.17, 15) is 9.59 Å². The quantitative estimate of drug-likeness (QED) is 0.697. The zero-order chi connectivity index (χ0) is 13.8. The van der Waals surface area contributed by atoms with E-state index in [2.05, 4.69) is 15.0 Å². The van der Waals surface area contributed by atoms with Crippen molar-refractivity contribution in [2.24, 2.45) is 0 Å². The molecule has 19 heavy (non-hydrogen) atoms. The van der Waals surface area contributed by atoms with Crippen molar-refractivity contribution >= 4 is 22.8 Å². The number of rotatable bonds is 4. The number of esters is 1. The predicted molar refractivity (Wildman–Crippen MR) is 68.7 cm³/mol. The van der Waals surface area contributed by atoms with Crippen LogP contribution in [0.25, 0.3) is 10.9 Å². The van der Waals surface area contributed by atoms with Gasteiger partial charge in [0.1, 0.15) is 0 Å². The predicted octanol–water partition coefficient (Wildman–Crippen LogP) is 0.432. The van der Waals surface area contributed by atoms with Gasteiger partial charge in [-0.2, -0.15) is 0 Å². The number of H-pyrrole nitrogens is 1. The van der Waals surface area contributed by atoms with E-state index in [1.165, 1.54) is 7.11 Å². The van der Waals surface area contributed by atoms with Gasteiger partial charge in [0.25, 0.3) is 5.91 Å². The molecule has 2 rings (SSSR count). The van der Waals surface area contributed by atoms with E-state index in [1.807, 2.05) is 12.1 Å². The van der Waals surface area contributed by atoms with Crippen molar-refractivity contribution in [1.29, 1.82) is 0 Å². The number of fused-ring (bicyclic) bond motifs is 1. The van der Waals surface area contributed by atoms with E-state index >= 15 is 0 Å². The van der Waals surface area contributed by atoms with Gasteiger partial charge in [-0.3, -0.25) is 4.79 Å². The first kappa shape index (κ1) is 13.1. The van der Waals surface area contributed by atoms with Gasteiger partial charge in [-0.1, -0.05) is 12.1 Å². The molecule has 2 aromatic rings. The van der Waals surface area contributed by atoms with E-state index in [0.717, 1.165) is 5.39 Å². The molecule has 0 aliphatic heterocycles. The minimum absolute atomic E-state index is 0.407. The molecular weight excluding hydrogens is 248 g/mol. The molecule has 6 nitrogen and oxygen atoms in total. The van der Waals surface area contributed by atoms with Crippen LogP contribution in [0.1, 0.15) is 10.4 Å². The number of benzene rings is 1. The summed E-state index contributed by atoms with van der Waals surface area (Å²) in [5.41, 5.74) is 1.09. The smallest absolute Gasteiger partial charge is 0.330 e. The molecule has 0 bridgehead atoms. The molecule has 100 valence electrons. The van der Waals surface area contributed by atoms with Crippen molar-refractivity contribution in [3.63, 3.8) is 0 Å². The molecule has 1 atom stereocenters. The standard InChI is InChI=1S/C13H14N2O4/c1-19-13(18)10(7-16)15-12(17)9-4-2-3-8-5-6-14-11(8)9/h2-6,10,14,16H,7H2,1H3,(H,15,17). The van der Waals surface area contributed by atoms with Crippen LogP contribution < -0.4 is 5.32 Å². The maximum absolute atomic E-state index is 12.1. The van der Waals surface area contributed by atoms with Crippen LogP contribution in [0.5, 0.6) is 0 Å². The molecule has 0 saturated carbocycles. The Kier molecular flexibility index (Phi) is 3.82. The lowest BCUT2D eigenvalue weighted by atomic mass is 10.1. The Hall–Kier alpha value is -2.34. The highest BCUT2D eigenvalue weighted by Crippen LogP contribution is 2.16. The molecule has 3 N–H and O–H groups in total. The molecule has 0 aliphatic carbocycles. The van der Waals surface area contributed by atoms with Gasteiger partial charge in [0.15, 0.2) is 6.04 Å². The van der Waals surface area contributed by atoms with Crippen LogP contribution in [-0.2, 0) is 9.53 Å². The summed E-state index contributed by atoms with van der Waals surface area (Å²) in [5.74, 6) is -1.13. The molecular formula is C13H14N2O4. The number of aromatic nitrogens is 1. The summed E-state index contributed by atoms with van der Waals surface area (Å²) in [6, 6.07) is 6.03. The third kappa shape index (κ3) is 2.58. The molecule has 0 radical (unpaired) electrons. The first-order valence-electron chi connectivity index (χ1n) is 5.73. The molecule has 0 spiro atoms. The first-order chi connectivity index (χ1) is 9.17. The lowest BCUT2D eigenvalue weighted by molar-refractivity contribution is -0.143. The number of hydrogen-bond acceptors (Lipinski definition) is 4. The molecule has 0 saturated heterocycles. The van der Waals surface area contributed by atoms with Crippen molar-refractivity contribution in [2.75, 3.05) is 13.7 Å². The maximum Gasteiger partial charge on any atom is 0.330 e. The Morgan fingerprint density at radius 1 is 1.42 bits per heavy atom. The fraction of sp³-hybridized carbons (Fsp3) is 0.231. The summed E-state index contributed by atoms with van der Waals surface area (Å²) in [6.45, 7) is -0.515. The monoisotopic (exact) mass is 262 g/mol. The number of ether oxygens (including phenoxy) is 1. The molecule has 1 unspecified atom stereocenters. The van der Waals surface area contributed by atoms with Crippen LogP contribution in [0, 0.1) is 0 Å². The van der Waals surface area contributed by atoms with Crippen LogP contribution in [0.4, 0.5) is 0 Å². The Morgan fingerprint density at radius 2 is 2.21 bits per heavy atom. The van der Waals surface area contributed by atoms with E-state index in [-0.39, 0.29) is 0 Å². The van der Waals surface area contributed by atoms with Crippen LogP contribution in [0.15, 0.2) is 30.5 Å². The van der Waals surface area contributed by atoms with Crippen molar-refractivity contribution in [3.8, 4) is 0 Å². The van der Waals surface area contributed by atoms with Crippen LogP contribution in [0.3, 0.4) is 0 Å². The number of nitrogens with one attached hydrogen (secondary N) is 2. The van der Waals surface area contributed by atoms with Crippen LogP contribution >= 0.6 is 0 Å². The van der Waals surface area contributed by atoms with Crippen molar-refractivity contribution in [2.45, 2.75) is 6.04 Å². The maximum atomic E-state index is 12.1. The van der Waals surface area contributed by atoms with Gasteiger partial charge >= 0.3 is 5.97 Å². The molecule has 0 fully saturated rings. The molecule has 0 aliphatic rings. The summed E-state index contributed by atoms with van der Waals surface area (Å²) in [6.07, 6.45) is 1.73. The van der Waals surface area contributed by atoms with Gasteiger partial charge in [0, 0.05) is 11.6 Å². The van der Waals surface area contributed by atoms with E-state index in [0.29, 0.717) is 11.1 Å².